The Morgan fingerprint density at radius 3 is 1.35 bits per heavy atom. The van der Waals surface area contributed by atoms with Crippen LogP contribution in [0.3, 0.4) is 0 Å². The van der Waals surface area contributed by atoms with Crippen LogP contribution in [0.1, 0.15) is 68.7 Å². The van der Waals surface area contributed by atoms with Crippen molar-refractivity contribution in [1.29, 1.82) is 0 Å². The monoisotopic (exact) mass is 240 g/mol. The minimum atomic E-state index is 0.0571. The summed E-state index contributed by atoms with van der Waals surface area (Å²) < 4.78 is 6.66. The Hall–Kier alpha value is -0.0400. The third kappa shape index (κ3) is 2.05. The minimum Gasteiger partial charge on any atom is -0.367 e. The van der Waals surface area contributed by atoms with Crippen molar-refractivity contribution in [2.24, 2.45) is 23.2 Å². The molecule has 0 aromatic rings. The Balaban J connectivity index is 3.01. The summed E-state index contributed by atoms with van der Waals surface area (Å²) in [5.74, 6) is 1.77. The van der Waals surface area contributed by atoms with Gasteiger partial charge in [-0.1, -0.05) is 62.3 Å². The second-order valence-corrected chi connectivity index (χ2v) is 7.84. The van der Waals surface area contributed by atoms with E-state index in [2.05, 4.69) is 62.3 Å². The van der Waals surface area contributed by atoms with Gasteiger partial charge >= 0.3 is 0 Å². The Kier molecular flexibility index (Phi) is 3.76. The minimum absolute atomic E-state index is 0.0571. The Morgan fingerprint density at radius 2 is 1.18 bits per heavy atom. The normalized spacial score (nSPS) is 28.9. The zero-order valence-corrected chi connectivity index (χ0v) is 13.3. The van der Waals surface area contributed by atoms with Crippen LogP contribution in [0.25, 0.3) is 0 Å². The fourth-order valence-electron chi connectivity index (χ4n) is 3.66. The van der Waals surface area contributed by atoms with Gasteiger partial charge in [0, 0.05) is 6.42 Å². The van der Waals surface area contributed by atoms with E-state index in [-0.39, 0.29) is 16.6 Å². The summed E-state index contributed by atoms with van der Waals surface area (Å²) in [5.41, 5.74) is 0.369. The molecule has 0 aromatic heterocycles. The summed E-state index contributed by atoms with van der Waals surface area (Å²) in [5, 5.41) is 0. The van der Waals surface area contributed by atoms with E-state index < -0.39 is 0 Å². The van der Waals surface area contributed by atoms with Crippen LogP contribution < -0.4 is 0 Å². The molecule has 0 bridgehead atoms. The maximum absolute atomic E-state index is 6.66. The second-order valence-electron chi connectivity index (χ2n) is 7.84. The van der Waals surface area contributed by atoms with Crippen LogP contribution >= 0.6 is 0 Å². The van der Waals surface area contributed by atoms with Crippen molar-refractivity contribution in [3.8, 4) is 0 Å². The van der Waals surface area contributed by atoms with Crippen LogP contribution in [0.5, 0.6) is 0 Å². The Morgan fingerprint density at radius 1 is 0.824 bits per heavy atom. The van der Waals surface area contributed by atoms with Crippen LogP contribution in [0.15, 0.2) is 0 Å². The summed E-state index contributed by atoms with van der Waals surface area (Å²) in [6.07, 6.45) is 1.20. The molecule has 0 radical (unpaired) electrons. The van der Waals surface area contributed by atoms with E-state index in [4.69, 9.17) is 4.74 Å². The van der Waals surface area contributed by atoms with E-state index in [1.54, 1.807) is 0 Å². The molecule has 0 saturated carbocycles. The highest BCUT2D eigenvalue weighted by Crippen LogP contribution is 2.60. The van der Waals surface area contributed by atoms with Gasteiger partial charge < -0.3 is 4.74 Å². The van der Waals surface area contributed by atoms with Gasteiger partial charge in [-0.3, -0.25) is 0 Å². The van der Waals surface area contributed by atoms with Gasteiger partial charge in [-0.05, 0) is 23.2 Å². The molecule has 0 aliphatic carbocycles. The number of hydrogen-bond acceptors (Lipinski definition) is 1. The van der Waals surface area contributed by atoms with Crippen molar-refractivity contribution in [3.05, 3.63) is 0 Å². The number of ether oxygens (including phenoxy) is 1. The molecule has 1 aliphatic rings. The zero-order valence-electron chi connectivity index (χ0n) is 13.3. The predicted molar refractivity (Wildman–Crippen MR) is 75.1 cm³/mol. The molecule has 1 unspecified atom stereocenters. The highest BCUT2D eigenvalue weighted by atomic mass is 16.6. The molecule has 102 valence electrons. The highest BCUT2D eigenvalue weighted by Gasteiger charge is 2.64. The van der Waals surface area contributed by atoms with Crippen LogP contribution in [-0.2, 0) is 4.74 Å². The molecule has 0 N–H and O–H groups in total. The summed E-state index contributed by atoms with van der Waals surface area (Å²) in [6.45, 7) is 20.7. The van der Waals surface area contributed by atoms with E-state index in [0.717, 1.165) is 0 Å². The van der Waals surface area contributed by atoms with E-state index >= 15 is 0 Å². The summed E-state index contributed by atoms with van der Waals surface area (Å²) in [7, 11) is 0. The highest BCUT2D eigenvalue weighted by molar-refractivity contribution is 5.12. The summed E-state index contributed by atoms with van der Waals surface area (Å²) >= 11 is 0. The first-order valence-electron chi connectivity index (χ1n) is 7.20. The topological polar surface area (TPSA) is 9.23 Å². The third-order valence-electron chi connectivity index (χ3n) is 5.07. The van der Waals surface area contributed by atoms with E-state index in [9.17, 15) is 0 Å². The molecule has 1 atom stereocenters. The largest absolute Gasteiger partial charge is 0.367 e. The quantitative estimate of drug-likeness (QED) is 0.682. The van der Waals surface area contributed by atoms with Crippen molar-refractivity contribution in [1.82, 2.24) is 0 Å². The van der Waals surface area contributed by atoms with Crippen LogP contribution in [0.4, 0.5) is 0 Å². The van der Waals surface area contributed by atoms with E-state index in [0.29, 0.717) is 17.8 Å². The third-order valence-corrected chi connectivity index (χ3v) is 5.07. The fourth-order valence-corrected chi connectivity index (χ4v) is 3.66. The molecule has 0 spiro atoms. The SMILES string of the molecule is CC(C)C1(C(C)C)CC(C(C)C)(C(C)(C)C)O1. The summed E-state index contributed by atoms with van der Waals surface area (Å²) in [6, 6.07) is 0. The second kappa shape index (κ2) is 4.26. The van der Waals surface area contributed by atoms with Gasteiger partial charge in [0.25, 0.3) is 0 Å². The smallest absolute Gasteiger partial charge is 0.0788 e. The van der Waals surface area contributed by atoms with Gasteiger partial charge in [-0.2, -0.15) is 0 Å². The lowest BCUT2D eigenvalue weighted by molar-refractivity contribution is -0.357. The van der Waals surface area contributed by atoms with Gasteiger partial charge in [0.15, 0.2) is 0 Å². The molecule has 0 amide bonds. The first kappa shape index (κ1) is 15.0. The fraction of sp³-hybridized carbons (Fsp3) is 1.00. The Labute approximate surface area is 108 Å². The number of rotatable bonds is 3. The van der Waals surface area contributed by atoms with Crippen LogP contribution in [0.2, 0.25) is 0 Å². The molecular weight excluding hydrogens is 208 g/mol. The first-order chi connectivity index (χ1) is 7.49. The molecule has 1 fully saturated rings. The van der Waals surface area contributed by atoms with Crippen LogP contribution in [0, 0.1) is 23.2 Å². The van der Waals surface area contributed by atoms with Gasteiger partial charge in [0.05, 0.1) is 11.2 Å². The van der Waals surface area contributed by atoms with Gasteiger partial charge in [0.1, 0.15) is 0 Å². The Bertz CT molecular complexity index is 252. The van der Waals surface area contributed by atoms with Crippen molar-refractivity contribution in [2.75, 3.05) is 0 Å². The average molecular weight is 240 g/mol. The lowest BCUT2D eigenvalue weighted by Crippen LogP contribution is -2.71. The van der Waals surface area contributed by atoms with Crippen molar-refractivity contribution < 1.29 is 4.74 Å². The van der Waals surface area contributed by atoms with E-state index in [1.165, 1.54) is 6.42 Å². The van der Waals surface area contributed by atoms with Gasteiger partial charge in [0.2, 0.25) is 0 Å². The maximum Gasteiger partial charge on any atom is 0.0788 e. The maximum atomic E-state index is 6.66. The van der Waals surface area contributed by atoms with Crippen molar-refractivity contribution >= 4 is 0 Å². The van der Waals surface area contributed by atoms with E-state index in [1.807, 2.05) is 0 Å². The van der Waals surface area contributed by atoms with Gasteiger partial charge in [-0.15, -0.1) is 0 Å². The van der Waals surface area contributed by atoms with Crippen molar-refractivity contribution in [2.45, 2.75) is 79.9 Å². The molecular formula is C16H32O. The first-order valence-corrected chi connectivity index (χ1v) is 7.20. The molecule has 1 rings (SSSR count). The predicted octanol–water partition coefficient (Wildman–Crippen LogP) is 4.90. The van der Waals surface area contributed by atoms with Crippen LogP contribution in [-0.4, -0.2) is 11.2 Å². The molecule has 1 aliphatic heterocycles. The van der Waals surface area contributed by atoms with Crippen molar-refractivity contribution in [3.63, 3.8) is 0 Å². The number of hydrogen-bond donors (Lipinski definition) is 0. The average Bonchev–Trinajstić information content (AvgIpc) is 1.96. The lowest BCUT2D eigenvalue weighted by Gasteiger charge is -2.67. The molecule has 0 aromatic carbocycles. The molecule has 1 heteroatoms. The standard InChI is InChI=1S/C16H32O/c1-11(2)15(12(3)4)10-16(17-15,13(5)6)14(7,8)9/h11-13H,10H2,1-9H3. The molecule has 1 saturated heterocycles. The zero-order chi connectivity index (χ0) is 13.6. The summed E-state index contributed by atoms with van der Waals surface area (Å²) in [4.78, 5) is 0. The lowest BCUT2D eigenvalue weighted by atomic mass is 9.56. The molecule has 17 heavy (non-hydrogen) atoms. The molecule has 1 heterocycles. The molecule has 1 nitrogen and oxygen atoms in total. The van der Waals surface area contributed by atoms with Gasteiger partial charge in [-0.25, -0.2) is 0 Å².